The van der Waals surface area contributed by atoms with Crippen LogP contribution in [-0.2, 0) is 9.59 Å². The van der Waals surface area contributed by atoms with Crippen molar-refractivity contribution in [2.45, 2.75) is 11.8 Å². The predicted octanol–water partition coefficient (Wildman–Crippen LogP) is -3.78. The molecule has 10 nitrogen and oxygen atoms in total. The second-order valence-electron chi connectivity index (χ2n) is 3.45. The standard InChI is InChI=1S/C8H8N4O6/c13-4-7(15,16)5(14)12(8(17,18)11-4)6-9-2-1-3-10-6/h1-3,15-18H,(H,11,13). The van der Waals surface area contributed by atoms with Crippen molar-refractivity contribution in [2.75, 3.05) is 4.90 Å². The lowest BCUT2D eigenvalue weighted by atomic mass is 10.1. The summed E-state index contributed by atoms with van der Waals surface area (Å²) in [4.78, 5) is 29.9. The van der Waals surface area contributed by atoms with Crippen LogP contribution in [0.5, 0.6) is 0 Å². The third-order valence-corrected chi connectivity index (χ3v) is 2.16. The number of rotatable bonds is 1. The molecule has 2 rings (SSSR count). The van der Waals surface area contributed by atoms with Crippen LogP contribution in [0.1, 0.15) is 0 Å². The summed E-state index contributed by atoms with van der Waals surface area (Å²) in [5.41, 5.74) is 0. The topological polar surface area (TPSA) is 156 Å². The molecule has 2 amide bonds. The summed E-state index contributed by atoms with van der Waals surface area (Å²) in [6, 6.07) is -1.78. The SMILES string of the molecule is O=C1NC(O)(O)N(c2ncccn2)C(=O)C1(O)O. The Morgan fingerprint density at radius 1 is 1.11 bits per heavy atom. The van der Waals surface area contributed by atoms with E-state index in [2.05, 4.69) is 9.97 Å². The Balaban J connectivity index is 2.51. The Kier molecular flexibility index (Phi) is 2.52. The van der Waals surface area contributed by atoms with Gasteiger partial charge in [0.25, 0.3) is 5.91 Å². The van der Waals surface area contributed by atoms with Gasteiger partial charge in [-0.15, -0.1) is 0 Å². The van der Waals surface area contributed by atoms with Gasteiger partial charge in [-0.25, -0.2) is 14.9 Å². The van der Waals surface area contributed by atoms with E-state index in [1.165, 1.54) is 23.8 Å². The Morgan fingerprint density at radius 2 is 1.67 bits per heavy atom. The quantitative estimate of drug-likeness (QED) is 0.253. The first-order valence-electron chi connectivity index (χ1n) is 4.60. The summed E-state index contributed by atoms with van der Waals surface area (Å²) >= 11 is 0. The minimum Gasteiger partial charge on any atom is -0.351 e. The van der Waals surface area contributed by atoms with E-state index in [4.69, 9.17) is 0 Å². The second-order valence-corrected chi connectivity index (χ2v) is 3.45. The first-order chi connectivity index (χ1) is 8.27. The van der Waals surface area contributed by atoms with Crippen LogP contribution >= 0.6 is 0 Å². The number of hydrogen-bond acceptors (Lipinski definition) is 8. The number of aliphatic hydroxyl groups is 4. The number of hydrogen-bond donors (Lipinski definition) is 5. The maximum atomic E-state index is 11.6. The van der Waals surface area contributed by atoms with Crippen LogP contribution in [0.25, 0.3) is 0 Å². The van der Waals surface area contributed by atoms with Gasteiger partial charge in [0.1, 0.15) is 0 Å². The van der Waals surface area contributed by atoms with Crippen molar-refractivity contribution in [3.05, 3.63) is 18.5 Å². The highest BCUT2D eigenvalue weighted by atomic mass is 16.6. The maximum Gasteiger partial charge on any atom is 0.347 e. The first kappa shape index (κ1) is 12.3. The lowest BCUT2D eigenvalue weighted by Crippen LogP contribution is -2.77. The van der Waals surface area contributed by atoms with E-state index in [1.807, 2.05) is 0 Å². The predicted molar refractivity (Wildman–Crippen MR) is 52.0 cm³/mol. The number of carbonyl (C=O) groups is 2. The molecule has 0 radical (unpaired) electrons. The average Bonchev–Trinajstić information content (AvgIpc) is 2.28. The molecule has 0 bridgehead atoms. The van der Waals surface area contributed by atoms with Crippen molar-refractivity contribution in [1.82, 2.24) is 15.3 Å². The second kappa shape index (κ2) is 3.68. The Hall–Kier alpha value is -2.14. The van der Waals surface area contributed by atoms with Crippen molar-refractivity contribution >= 4 is 17.8 Å². The van der Waals surface area contributed by atoms with E-state index in [-0.39, 0.29) is 4.90 Å². The molecule has 1 aromatic heterocycles. The van der Waals surface area contributed by atoms with E-state index in [0.717, 1.165) is 0 Å². The molecule has 0 atom stereocenters. The molecule has 1 aromatic rings. The highest BCUT2D eigenvalue weighted by molar-refractivity contribution is 6.15. The van der Waals surface area contributed by atoms with Gasteiger partial charge in [0.05, 0.1) is 0 Å². The molecule has 0 aromatic carbocycles. The molecule has 1 aliphatic rings. The van der Waals surface area contributed by atoms with Gasteiger partial charge in [-0.05, 0) is 6.07 Å². The molecule has 96 valence electrons. The molecule has 0 spiro atoms. The summed E-state index contributed by atoms with van der Waals surface area (Å²) in [5, 5.41) is 38.9. The number of anilines is 1. The number of aromatic nitrogens is 2. The highest BCUT2D eigenvalue weighted by Crippen LogP contribution is 2.23. The van der Waals surface area contributed by atoms with Crippen molar-refractivity contribution in [1.29, 1.82) is 0 Å². The minimum absolute atomic E-state index is 0.0361. The molecule has 2 heterocycles. The summed E-state index contributed by atoms with van der Waals surface area (Å²) in [7, 11) is 0. The fourth-order valence-corrected chi connectivity index (χ4v) is 1.33. The molecule has 1 fully saturated rings. The Labute approximate surface area is 99.1 Å². The summed E-state index contributed by atoms with van der Waals surface area (Å²) in [6.07, 6.45) is 2.36. The lowest BCUT2D eigenvalue weighted by Gasteiger charge is -2.40. The van der Waals surface area contributed by atoms with Gasteiger partial charge < -0.3 is 20.4 Å². The third-order valence-electron chi connectivity index (χ3n) is 2.16. The van der Waals surface area contributed by atoms with Crippen LogP contribution in [0.4, 0.5) is 5.95 Å². The summed E-state index contributed by atoms with van der Waals surface area (Å²) < 4.78 is 0. The van der Waals surface area contributed by atoms with Gasteiger partial charge in [0, 0.05) is 12.4 Å². The molecule has 1 aliphatic heterocycles. The molecular weight excluding hydrogens is 248 g/mol. The molecule has 0 aliphatic carbocycles. The summed E-state index contributed by atoms with van der Waals surface area (Å²) in [5.74, 6) is -7.33. The number of nitrogens with zero attached hydrogens (tertiary/aromatic N) is 3. The fourth-order valence-electron chi connectivity index (χ4n) is 1.33. The lowest BCUT2D eigenvalue weighted by molar-refractivity contribution is -0.238. The number of carbonyl (C=O) groups excluding carboxylic acids is 2. The zero-order valence-electron chi connectivity index (χ0n) is 8.68. The monoisotopic (exact) mass is 256 g/mol. The minimum atomic E-state index is -3.44. The van der Waals surface area contributed by atoms with E-state index in [9.17, 15) is 30.0 Å². The first-order valence-corrected chi connectivity index (χ1v) is 4.60. The molecule has 10 heteroatoms. The third kappa shape index (κ3) is 1.69. The largest absolute Gasteiger partial charge is 0.351 e. The van der Waals surface area contributed by atoms with Crippen LogP contribution < -0.4 is 10.2 Å². The smallest absolute Gasteiger partial charge is 0.347 e. The maximum absolute atomic E-state index is 11.6. The van der Waals surface area contributed by atoms with Crippen molar-refractivity contribution < 1.29 is 30.0 Å². The zero-order valence-corrected chi connectivity index (χ0v) is 8.68. The number of amides is 2. The fraction of sp³-hybridized carbons (Fsp3) is 0.250. The van der Waals surface area contributed by atoms with Crippen LogP contribution in [-0.4, -0.2) is 54.0 Å². The number of nitrogens with one attached hydrogen (secondary N) is 1. The molecular formula is C8H8N4O6. The van der Waals surface area contributed by atoms with Gasteiger partial charge in [0.15, 0.2) is 0 Å². The molecule has 1 saturated heterocycles. The van der Waals surface area contributed by atoms with Crippen molar-refractivity contribution in [3.8, 4) is 0 Å². The van der Waals surface area contributed by atoms with Crippen LogP contribution in [0.15, 0.2) is 18.5 Å². The van der Waals surface area contributed by atoms with Crippen LogP contribution in [0, 0.1) is 0 Å². The summed E-state index contributed by atoms with van der Waals surface area (Å²) in [6.45, 7) is 0. The van der Waals surface area contributed by atoms with Crippen molar-refractivity contribution in [2.24, 2.45) is 0 Å². The Morgan fingerprint density at radius 3 is 2.22 bits per heavy atom. The van der Waals surface area contributed by atoms with Gasteiger partial charge in [0.2, 0.25) is 5.95 Å². The van der Waals surface area contributed by atoms with E-state index < -0.39 is 29.6 Å². The van der Waals surface area contributed by atoms with E-state index in [0.29, 0.717) is 0 Å². The van der Waals surface area contributed by atoms with Gasteiger partial charge in [-0.2, -0.15) is 0 Å². The van der Waals surface area contributed by atoms with Gasteiger partial charge in [-0.3, -0.25) is 14.9 Å². The zero-order chi connectivity index (χ0) is 13.6. The molecule has 0 unspecified atom stereocenters. The molecule has 0 saturated carbocycles. The van der Waals surface area contributed by atoms with Gasteiger partial charge in [-0.1, -0.05) is 0 Å². The normalized spacial score (nSPS) is 21.7. The average molecular weight is 256 g/mol. The van der Waals surface area contributed by atoms with E-state index in [1.54, 1.807) is 0 Å². The van der Waals surface area contributed by atoms with Gasteiger partial charge >= 0.3 is 17.7 Å². The molecule has 18 heavy (non-hydrogen) atoms. The van der Waals surface area contributed by atoms with Crippen LogP contribution in [0.2, 0.25) is 0 Å². The molecule has 5 N–H and O–H groups in total. The van der Waals surface area contributed by atoms with E-state index >= 15 is 0 Å². The van der Waals surface area contributed by atoms with Crippen molar-refractivity contribution in [3.63, 3.8) is 0 Å². The Bertz CT molecular complexity index is 502. The highest BCUT2D eigenvalue weighted by Gasteiger charge is 2.59. The van der Waals surface area contributed by atoms with Crippen LogP contribution in [0.3, 0.4) is 0 Å².